The summed E-state index contributed by atoms with van der Waals surface area (Å²) in [6.45, 7) is 2.08. The van der Waals surface area contributed by atoms with Crippen molar-refractivity contribution in [2.75, 3.05) is 0 Å². The maximum Gasteiger partial charge on any atom is 0.0904 e. The molecule has 3 rings (SSSR count). The Bertz CT molecular complexity index is 656. The van der Waals surface area contributed by atoms with Crippen molar-refractivity contribution in [2.24, 2.45) is 0 Å². The molecule has 0 aliphatic rings. The predicted molar refractivity (Wildman–Crippen MR) is 81.5 cm³/mol. The Morgan fingerprint density at radius 3 is 2.21 bits per heavy atom. The number of aromatic nitrogens is 1. The third-order valence-electron chi connectivity index (χ3n) is 3.06. The summed E-state index contributed by atoms with van der Waals surface area (Å²) < 4.78 is 0. The summed E-state index contributed by atoms with van der Waals surface area (Å²) >= 11 is 1.79. The fraction of sp³-hybridized carbons (Fsp3) is 0.118. The van der Waals surface area contributed by atoms with E-state index in [4.69, 9.17) is 4.98 Å². The van der Waals surface area contributed by atoms with Crippen LogP contribution in [0.1, 0.15) is 15.4 Å². The summed E-state index contributed by atoms with van der Waals surface area (Å²) in [5.41, 5.74) is 3.67. The molecule has 2 heteroatoms. The predicted octanol–water partition coefficient (Wildman–Crippen LogP) is 4.71. The van der Waals surface area contributed by atoms with E-state index >= 15 is 0 Å². The molecule has 1 aromatic heterocycles. The van der Waals surface area contributed by atoms with E-state index in [1.807, 2.05) is 6.07 Å². The van der Waals surface area contributed by atoms with Gasteiger partial charge in [-0.1, -0.05) is 60.7 Å². The molecule has 3 aromatic rings. The highest BCUT2D eigenvalue weighted by Crippen LogP contribution is 2.29. The first kappa shape index (κ1) is 12.1. The second-order valence-corrected chi connectivity index (χ2v) is 5.82. The number of nitrogens with zero attached hydrogens (tertiary/aromatic N) is 1. The van der Waals surface area contributed by atoms with Crippen molar-refractivity contribution in [1.29, 1.82) is 0 Å². The van der Waals surface area contributed by atoms with Crippen molar-refractivity contribution in [1.82, 2.24) is 4.98 Å². The molecule has 1 nitrogen and oxygen atoms in total. The molecule has 0 saturated heterocycles. The third-order valence-corrected chi connectivity index (χ3v) is 4.03. The third kappa shape index (κ3) is 2.74. The molecule has 1 heterocycles. The molecule has 0 unspecified atom stereocenters. The van der Waals surface area contributed by atoms with E-state index in [-0.39, 0.29) is 0 Å². The number of hydrogen-bond acceptors (Lipinski definition) is 2. The number of thiazole rings is 1. The van der Waals surface area contributed by atoms with Crippen LogP contribution in [0.3, 0.4) is 0 Å². The summed E-state index contributed by atoms with van der Waals surface area (Å²) in [4.78, 5) is 6.04. The van der Waals surface area contributed by atoms with Crippen LogP contribution in [0.25, 0.3) is 11.3 Å². The van der Waals surface area contributed by atoms with Crippen molar-refractivity contribution in [2.45, 2.75) is 13.3 Å². The van der Waals surface area contributed by atoms with E-state index in [1.165, 1.54) is 16.0 Å². The molecule has 0 fully saturated rings. The van der Waals surface area contributed by atoms with Gasteiger partial charge in [0.2, 0.25) is 0 Å². The van der Waals surface area contributed by atoms with E-state index in [0.717, 1.165) is 17.1 Å². The van der Waals surface area contributed by atoms with Gasteiger partial charge in [-0.05, 0) is 12.5 Å². The van der Waals surface area contributed by atoms with Crippen molar-refractivity contribution in [3.8, 4) is 11.3 Å². The molecular weight excluding hydrogens is 250 g/mol. The zero-order valence-electron chi connectivity index (χ0n) is 10.8. The molecule has 0 aliphatic carbocycles. The zero-order valence-corrected chi connectivity index (χ0v) is 11.7. The largest absolute Gasteiger partial charge is 0.241 e. The fourth-order valence-electron chi connectivity index (χ4n) is 2.19. The van der Waals surface area contributed by atoms with Crippen LogP contribution in [0.2, 0.25) is 0 Å². The minimum atomic E-state index is 0.955. The Kier molecular flexibility index (Phi) is 3.43. The van der Waals surface area contributed by atoms with Gasteiger partial charge < -0.3 is 0 Å². The Balaban J connectivity index is 1.99. The maximum atomic E-state index is 4.70. The SMILES string of the molecule is Cc1nc(-c2ccccc2)c(Cc2ccccc2)s1. The lowest BCUT2D eigenvalue weighted by atomic mass is 10.1. The van der Waals surface area contributed by atoms with Crippen molar-refractivity contribution in [3.05, 3.63) is 76.1 Å². The molecule has 0 saturated carbocycles. The molecule has 0 aliphatic heterocycles. The van der Waals surface area contributed by atoms with Crippen LogP contribution >= 0.6 is 11.3 Å². The van der Waals surface area contributed by atoms with E-state index in [2.05, 4.69) is 61.5 Å². The van der Waals surface area contributed by atoms with Gasteiger partial charge in [-0.25, -0.2) is 4.98 Å². The normalized spacial score (nSPS) is 10.6. The molecule has 0 radical (unpaired) electrons. The maximum absolute atomic E-state index is 4.70. The van der Waals surface area contributed by atoms with Crippen LogP contribution in [0, 0.1) is 6.92 Å². The highest BCUT2D eigenvalue weighted by Gasteiger charge is 2.11. The number of rotatable bonds is 3. The van der Waals surface area contributed by atoms with Gasteiger partial charge in [0.25, 0.3) is 0 Å². The molecule has 0 atom stereocenters. The van der Waals surface area contributed by atoms with E-state index in [1.54, 1.807) is 11.3 Å². The molecule has 19 heavy (non-hydrogen) atoms. The van der Waals surface area contributed by atoms with Gasteiger partial charge in [0, 0.05) is 16.9 Å². The Hall–Kier alpha value is -1.93. The van der Waals surface area contributed by atoms with Gasteiger partial charge in [0.15, 0.2) is 0 Å². The monoisotopic (exact) mass is 265 g/mol. The Morgan fingerprint density at radius 1 is 0.895 bits per heavy atom. The van der Waals surface area contributed by atoms with Crippen LogP contribution < -0.4 is 0 Å². The summed E-state index contributed by atoms with van der Waals surface area (Å²) in [5, 5.41) is 1.13. The van der Waals surface area contributed by atoms with E-state index < -0.39 is 0 Å². The summed E-state index contributed by atoms with van der Waals surface area (Å²) in [6, 6.07) is 21.0. The van der Waals surface area contributed by atoms with Gasteiger partial charge in [0.05, 0.1) is 10.7 Å². The highest BCUT2D eigenvalue weighted by atomic mass is 32.1. The highest BCUT2D eigenvalue weighted by molar-refractivity contribution is 7.12. The van der Waals surface area contributed by atoms with Crippen LogP contribution in [-0.4, -0.2) is 4.98 Å². The van der Waals surface area contributed by atoms with Crippen LogP contribution in [0.4, 0.5) is 0 Å². The lowest BCUT2D eigenvalue weighted by Crippen LogP contribution is -1.88. The van der Waals surface area contributed by atoms with Gasteiger partial charge in [-0.2, -0.15) is 0 Å². The molecule has 0 N–H and O–H groups in total. The average Bonchev–Trinajstić information content (AvgIpc) is 2.82. The first-order valence-corrected chi connectivity index (χ1v) is 7.20. The van der Waals surface area contributed by atoms with Gasteiger partial charge >= 0.3 is 0 Å². The molecule has 94 valence electrons. The Morgan fingerprint density at radius 2 is 1.53 bits per heavy atom. The smallest absolute Gasteiger partial charge is 0.0904 e. The van der Waals surface area contributed by atoms with E-state index in [9.17, 15) is 0 Å². The molecule has 0 amide bonds. The molecule has 0 spiro atoms. The number of aryl methyl sites for hydroxylation is 1. The lowest BCUT2D eigenvalue weighted by Gasteiger charge is -2.02. The minimum absolute atomic E-state index is 0.955. The Labute approximate surface area is 117 Å². The molecule has 0 bridgehead atoms. The van der Waals surface area contributed by atoms with Crippen molar-refractivity contribution in [3.63, 3.8) is 0 Å². The summed E-state index contributed by atoms with van der Waals surface area (Å²) in [7, 11) is 0. The van der Waals surface area contributed by atoms with Crippen LogP contribution in [0.5, 0.6) is 0 Å². The first-order chi connectivity index (χ1) is 9.33. The fourth-order valence-corrected chi connectivity index (χ4v) is 3.18. The lowest BCUT2D eigenvalue weighted by molar-refractivity contribution is 1.21. The van der Waals surface area contributed by atoms with Gasteiger partial charge in [0.1, 0.15) is 0 Å². The van der Waals surface area contributed by atoms with Crippen molar-refractivity contribution < 1.29 is 0 Å². The number of hydrogen-bond donors (Lipinski definition) is 0. The number of benzene rings is 2. The topological polar surface area (TPSA) is 12.9 Å². The summed E-state index contributed by atoms with van der Waals surface area (Å²) in [5.74, 6) is 0. The standard InChI is InChI=1S/C17H15NS/c1-13-18-17(15-10-6-3-7-11-15)16(19-13)12-14-8-4-2-5-9-14/h2-11H,12H2,1H3. The molecule has 2 aromatic carbocycles. The van der Waals surface area contributed by atoms with Crippen LogP contribution in [0.15, 0.2) is 60.7 Å². The molecular formula is C17H15NS. The second kappa shape index (κ2) is 5.37. The summed E-state index contributed by atoms with van der Waals surface area (Å²) in [6.07, 6.45) is 0.955. The second-order valence-electron chi connectivity index (χ2n) is 4.53. The van der Waals surface area contributed by atoms with Crippen molar-refractivity contribution >= 4 is 11.3 Å². The van der Waals surface area contributed by atoms with Gasteiger partial charge in [-0.3, -0.25) is 0 Å². The average molecular weight is 265 g/mol. The van der Waals surface area contributed by atoms with Crippen LogP contribution in [-0.2, 0) is 6.42 Å². The quantitative estimate of drug-likeness (QED) is 0.668. The zero-order chi connectivity index (χ0) is 13.1. The van der Waals surface area contributed by atoms with Gasteiger partial charge in [-0.15, -0.1) is 11.3 Å². The van der Waals surface area contributed by atoms with E-state index in [0.29, 0.717) is 0 Å². The first-order valence-electron chi connectivity index (χ1n) is 6.38. The minimum Gasteiger partial charge on any atom is -0.241 e.